The van der Waals surface area contributed by atoms with Crippen molar-refractivity contribution in [2.24, 2.45) is 4.99 Å². The van der Waals surface area contributed by atoms with Crippen LogP contribution in [0.15, 0.2) is 35.3 Å². The summed E-state index contributed by atoms with van der Waals surface area (Å²) < 4.78 is 132. The molecule has 0 aliphatic rings. The largest absolute Gasteiger partial charge is 0.383 e. The van der Waals surface area contributed by atoms with Crippen LogP contribution in [-0.4, -0.2) is 49.6 Å². The lowest BCUT2D eigenvalue weighted by atomic mass is 9.99. The van der Waals surface area contributed by atoms with Crippen LogP contribution in [0.3, 0.4) is 0 Å². The van der Waals surface area contributed by atoms with E-state index in [0.29, 0.717) is 0 Å². The number of hydrogen-bond donors (Lipinski definition) is 0. The molecule has 29 heavy (non-hydrogen) atoms. The van der Waals surface area contributed by atoms with Crippen LogP contribution in [0.1, 0.15) is 26.3 Å². The summed E-state index contributed by atoms with van der Waals surface area (Å²) in [5.41, 5.74) is -3.58. The molecule has 0 bridgehead atoms. The lowest BCUT2D eigenvalue weighted by Crippen LogP contribution is -2.61. The van der Waals surface area contributed by atoms with Crippen molar-refractivity contribution in [3.8, 4) is 0 Å². The molecule has 0 aliphatic heterocycles. The molecule has 0 aromatic heterocycles. The second-order valence-corrected chi connectivity index (χ2v) is 9.38. The minimum atomic E-state index is -6.58. The maximum absolute atomic E-state index is 14.4. The highest BCUT2D eigenvalue weighted by atomic mass is 32.2. The number of rotatable bonds is 8. The van der Waals surface area contributed by atoms with Crippen LogP contribution in [0.2, 0.25) is 0 Å². The standard InChI is InChI=1S/C17H19F8NO2S/c1-14(2,3)26-12(10-29(27,28)9-11-7-5-4-6-8-11)15(20,21)17(24,25)16(22,23)13(18)19/h4-8,13H,9-10H2,1-3H3. The second kappa shape index (κ2) is 8.19. The van der Waals surface area contributed by atoms with Gasteiger partial charge >= 0.3 is 24.2 Å². The summed E-state index contributed by atoms with van der Waals surface area (Å²) in [5, 5.41) is 0. The summed E-state index contributed by atoms with van der Waals surface area (Å²) >= 11 is 0. The van der Waals surface area contributed by atoms with Crippen LogP contribution in [0.25, 0.3) is 0 Å². The zero-order valence-corrected chi connectivity index (χ0v) is 16.4. The molecule has 0 heterocycles. The quantitative estimate of drug-likeness (QED) is 0.410. The Bertz CT molecular complexity index is 831. The van der Waals surface area contributed by atoms with Crippen LogP contribution in [0.5, 0.6) is 0 Å². The Balaban J connectivity index is 3.44. The molecular formula is C17H19F8NO2S. The summed E-state index contributed by atoms with van der Waals surface area (Å²) in [6.07, 6.45) is -5.11. The third-order valence-electron chi connectivity index (χ3n) is 3.51. The van der Waals surface area contributed by atoms with E-state index in [4.69, 9.17) is 0 Å². The third kappa shape index (κ3) is 5.89. The fraction of sp³-hybridized carbons (Fsp3) is 0.588. The maximum atomic E-state index is 14.4. The van der Waals surface area contributed by atoms with E-state index in [2.05, 4.69) is 4.99 Å². The fourth-order valence-corrected chi connectivity index (χ4v) is 3.68. The van der Waals surface area contributed by atoms with Gasteiger partial charge in [-0.15, -0.1) is 0 Å². The van der Waals surface area contributed by atoms with Crippen LogP contribution in [0, 0.1) is 0 Å². The first-order chi connectivity index (χ1) is 12.8. The van der Waals surface area contributed by atoms with E-state index in [1.54, 1.807) is 0 Å². The van der Waals surface area contributed by atoms with E-state index >= 15 is 0 Å². The summed E-state index contributed by atoms with van der Waals surface area (Å²) in [7, 11) is -4.59. The van der Waals surface area contributed by atoms with Gasteiger partial charge in [-0.25, -0.2) is 17.2 Å². The van der Waals surface area contributed by atoms with E-state index in [1.165, 1.54) is 30.3 Å². The summed E-state index contributed by atoms with van der Waals surface area (Å²) in [6, 6.07) is 7.03. The number of nitrogens with zero attached hydrogens (tertiary/aromatic N) is 1. The Morgan fingerprint density at radius 1 is 0.966 bits per heavy atom. The zero-order chi connectivity index (χ0) is 22.9. The van der Waals surface area contributed by atoms with Gasteiger partial charge in [-0.1, -0.05) is 30.3 Å². The van der Waals surface area contributed by atoms with Gasteiger partial charge in [-0.05, 0) is 26.3 Å². The molecule has 0 fully saturated rings. The van der Waals surface area contributed by atoms with E-state index in [-0.39, 0.29) is 5.56 Å². The van der Waals surface area contributed by atoms with Crippen LogP contribution in [-0.2, 0) is 15.6 Å². The van der Waals surface area contributed by atoms with Gasteiger partial charge in [0.1, 0.15) is 5.71 Å². The molecular weight excluding hydrogens is 434 g/mol. The van der Waals surface area contributed by atoms with Crippen molar-refractivity contribution in [1.29, 1.82) is 0 Å². The monoisotopic (exact) mass is 453 g/mol. The van der Waals surface area contributed by atoms with E-state index in [9.17, 15) is 43.5 Å². The normalized spacial score (nSPS) is 15.1. The molecule has 1 aromatic rings. The minimum Gasteiger partial charge on any atom is -0.281 e. The highest BCUT2D eigenvalue weighted by Gasteiger charge is 2.77. The summed E-state index contributed by atoms with van der Waals surface area (Å²) in [6.45, 7) is 3.36. The van der Waals surface area contributed by atoms with Crippen molar-refractivity contribution in [3.05, 3.63) is 35.9 Å². The van der Waals surface area contributed by atoms with Gasteiger partial charge in [0.05, 0.1) is 17.0 Å². The molecule has 3 nitrogen and oxygen atoms in total. The van der Waals surface area contributed by atoms with E-state index in [0.717, 1.165) is 20.8 Å². The molecule has 1 rings (SSSR count). The van der Waals surface area contributed by atoms with Gasteiger partial charge in [0, 0.05) is 0 Å². The Hall–Kier alpha value is -1.72. The first-order valence-electron chi connectivity index (χ1n) is 8.08. The van der Waals surface area contributed by atoms with Crippen LogP contribution in [0.4, 0.5) is 35.1 Å². The zero-order valence-electron chi connectivity index (χ0n) is 15.6. The molecule has 166 valence electrons. The first kappa shape index (κ1) is 25.3. The third-order valence-corrected chi connectivity index (χ3v) is 4.99. The predicted molar refractivity (Wildman–Crippen MR) is 92.0 cm³/mol. The molecule has 0 amide bonds. The van der Waals surface area contributed by atoms with Gasteiger partial charge in [0.2, 0.25) is 0 Å². The van der Waals surface area contributed by atoms with Crippen molar-refractivity contribution in [2.75, 3.05) is 5.75 Å². The molecule has 0 saturated carbocycles. The van der Waals surface area contributed by atoms with Crippen LogP contribution < -0.4 is 0 Å². The fourth-order valence-electron chi connectivity index (χ4n) is 2.21. The van der Waals surface area contributed by atoms with Crippen molar-refractivity contribution in [2.45, 2.75) is 56.3 Å². The molecule has 0 radical (unpaired) electrons. The number of halogens is 8. The first-order valence-corrected chi connectivity index (χ1v) is 9.91. The van der Waals surface area contributed by atoms with Gasteiger partial charge in [0.25, 0.3) is 0 Å². The van der Waals surface area contributed by atoms with Gasteiger partial charge in [0.15, 0.2) is 9.84 Å². The van der Waals surface area contributed by atoms with Gasteiger partial charge in [-0.2, -0.15) is 26.3 Å². The number of hydrogen-bond acceptors (Lipinski definition) is 3. The van der Waals surface area contributed by atoms with Crippen LogP contribution >= 0.6 is 0 Å². The smallest absolute Gasteiger partial charge is 0.281 e. The summed E-state index contributed by atoms with van der Waals surface area (Å²) in [5.74, 6) is -21.6. The second-order valence-electron chi connectivity index (χ2n) is 7.32. The molecule has 0 atom stereocenters. The molecule has 0 aliphatic carbocycles. The van der Waals surface area contributed by atoms with Crippen molar-refractivity contribution in [1.82, 2.24) is 0 Å². The SMILES string of the molecule is CC(C)(C)N=C(CS(=O)(=O)Cc1ccccc1)C(F)(F)C(F)(F)C(F)(F)C(F)F. The Morgan fingerprint density at radius 3 is 1.86 bits per heavy atom. The van der Waals surface area contributed by atoms with Gasteiger partial charge in [-0.3, -0.25) is 4.99 Å². The number of alkyl halides is 8. The molecule has 0 spiro atoms. The highest BCUT2D eigenvalue weighted by molar-refractivity contribution is 7.91. The Kier molecular flexibility index (Phi) is 7.15. The molecule has 0 saturated heterocycles. The summed E-state index contributed by atoms with van der Waals surface area (Å²) in [4.78, 5) is 3.18. The molecule has 1 aromatic carbocycles. The molecule has 0 unspecified atom stereocenters. The van der Waals surface area contributed by atoms with Crippen molar-refractivity contribution < 1.29 is 43.5 Å². The average molecular weight is 453 g/mol. The Morgan fingerprint density at radius 2 is 1.45 bits per heavy atom. The topological polar surface area (TPSA) is 46.5 Å². The van der Waals surface area contributed by atoms with Crippen molar-refractivity contribution >= 4 is 15.5 Å². The highest BCUT2D eigenvalue weighted by Crippen LogP contribution is 2.49. The minimum absolute atomic E-state index is 0.121. The van der Waals surface area contributed by atoms with E-state index in [1.807, 2.05) is 0 Å². The lowest BCUT2D eigenvalue weighted by Gasteiger charge is -2.33. The number of sulfone groups is 1. The van der Waals surface area contributed by atoms with E-state index < -0.39 is 56.8 Å². The average Bonchev–Trinajstić information content (AvgIpc) is 2.52. The van der Waals surface area contributed by atoms with Gasteiger partial charge < -0.3 is 0 Å². The molecule has 12 heteroatoms. The number of aliphatic imine (C=N–C) groups is 1. The molecule has 0 N–H and O–H groups in total. The maximum Gasteiger partial charge on any atom is 0.383 e. The predicted octanol–water partition coefficient (Wildman–Crippen LogP) is 5.01. The lowest BCUT2D eigenvalue weighted by molar-refractivity contribution is -0.319. The number of benzene rings is 1. The Labute approximate surface area is 162 Å². The van der Waals surface area contributed by atoms with Crippen molar-refractivity contribution in [3.63, 3.8) is 0 Å².